The molecule has 5 nitrogen and oxygen atoms in total. The first-order valence-electron chi connectivity index (χ1n) is 13.6. The summed E-state index contributed by atoms with van der Waals surface area (Å²) in [6.07, 6.45) is 3.54. The van der Waals surface area contributed by atoms with Gasteiger partial charge in [0, 0.05) is 46.4 Å². The first kappa shape index (κ1) is 41.7. The van der Waals surface area contributed by atoms with Crippen LogP contribution in [0.1, 0.15) is 96.9 Å². The highest BCUT2D eigenvalue weighted by molar-refractivity contribution is 9.10. The van der Waals surface area contributed by atoms with Gasteiger partial charge in [0.15, 0.2) is 0 Å². The molecule has 2 aromatic carbocycles. The van der Waals surface area contributed by atoms with Gasteiger partial charge in [0.25, 0.3) is 0 Å². The van der Waals surface area contributed by atoms with Crippen molar-refractivity contribution in [3.63, 3.8) is 0 Å². The molecule has 0 saturated carbocycles. The SMILES string of the molecule is C.C1CCOC1.CC(C)(C)CC(=O)Cl.Cc1cc(Br)cc(C)c1N.Cc1cc(Br)cc(C)c1NC(=O)CC(C)(C)C. The molecule has 0 aliphatic carbocycles. The maximum Gasteiger partial charge on any atom is 0.224 e. The highest BCUT2D eigenvalue weighted by Crippen LogP contribution is 2.27. The number of benzene rings is 2. The van der Waals surface area contributed by atoms with Crippen LogP contribution < -0.4 is 11.1 Å². The van der Waals surface area contributed by atoms with E-state index in [2.05, 4.69) is 57.9 Å². The second-order valence-corrected chi connectivity index (χ2v) is 14.8. The van der Waals surface area contributed by atoms with E-state index in [1.165, 1.54) is 12.8 Å². The number of rotatable bonds is 3. The first-order chi connectivity index (χ1) is 18.2. The topological polar surface area (TPSA) is 81.4 Å². The number of nitrogens with one attached hydrogen (secondary N) is 1. The number of aryl methyl sites for hydroxylation is 4. The van der Waals surface area contributed by atoms with E-state index in [1.54, 1.807) is 0 Å². The van der Waals surface area contributed by atoms with Gasteiger partial charge in [-0.25, -0.2) is 0 Å². The predicted molar refractivity (Wildman–Crippen MR) is 186 cm³/mol. The molecule has 0 atom stereocenters. The van der Waals surface area contributed by atoms with Crippen LogP contribution in [0.3, 0.4) is 0 Å². The van der Waals surface area contributed by atoms with Crippen LogP contribution in [0.25, 0.3) is 0 Å². The summed E-state index contributed by atoms with van der Waals surface area (Å²) >= 11 is 12.0. The molecule has 0 aromatic heterocycles. The number of carbonyl (C=O) groups excluding carboxylic acids is 2. The zero-order valence-electron chi connectivity index (χ0n) is 26.0. The largest absolute Gasteiger partial charge is 0.398 e. The predicted octanol–water partition coefficient (Wildman–Crippen LogP) is 10.7. The molecular formula is C33H53Br2ClN2O3. The lowest BCUT2D eigenvalue weighted by molar-refractivity contribution is -0.118. The Balaban J connectivity index is 0. The van der Waals surface area contributed by atoms with E-state index in [-0.39, 0.29) is 29.4 Å². The Kier molecular flexibility index (Phi) is 20.1. The van der Waals surface area contributed by atoms with Crippen molar-refractivity contribution in [2.45, 2.75) is 102 Å². The summed E-state index contributed by atoms with van der Waals surface area (Å²) < 4.78 is 7.08. The number of amides is 1. The number of nitrogen functional groups attached to an aromatic ring is 1. The smallest absolute Gasteiger partial charge is 0.224 e. The average Bonchev–Trinajstić information content (AvgIpc) is 3.32. The molecule has 41 heavy (non-hydrogen) atoms. The molecular weight excluding hydrogens is 668 g/mol. The zero-order valence-corrected chi connectivity index (χ0v) is 29.9. The molecule has 0 radical (unpaired) electrons. The fourth-order valence-electron chi connectivity index (χ4n) is 3.62. The Morgan fingerprint density at radius 1 is 0.805 bits per heavy atom. The van der Waals surface area contributed by atoms with E-state index in [0.29, 0.717) is 12.8 Å². The lowest BCUT2D eigenvalue weighted by Crippen LogP contribution is -2.20. The Bertz CT molecular complexity index is 1050. The highest BCUT2D eigenvalue weighted by Gasteiger charge is 2.17. The number of hydrogen-bond donors (Lipinski definition) is 2. The fraction of sp³-hybridized carbons (Fsp3) is 0.576. The minimum absolute atomic E-state index is 0. The van der Waals surface area contributed by atoms with Gasteiger partial charge < -0.3 is 15.8 Å². The maximum absolute atomic E-state index is 11.9. The molecule has 1 saturated heterocycles. The second-order valence-electron chi connectivity index (χ2n) is 12.6. The minimum Gasteiger partial charge on any atom is -0.398 e. The third-order valence-electron chi connectivity index (χ3n) is 5.51. The van der Waals surface area contributed by atoms with Gasteiger partial charge in [-0.1, -0.05) is 80.8 Å². The van der Waals surface area contributed by atoms with Crippen molar-refractivity contribution in [2.24, 2.45) is 10.8 Å². The molecule has 1 fully saturated rings. The van der Waals surface area contributed by atoms with Crippen LogP contribution in [0.15, 0.2) is 33.2 Å². The van der Waals surface area contributed by atoms with Crippen molar-refractivity contribution in [2.75, 3.05) is 24.3 Å². The minimum atomic E-state index is -0.252. The fourth-order valence-corrected chi connectivity index (χ4v) is 5.40. The third-order valence-corrected chi connectivity index (χ3v) is 6.56. The number of halogens is 3. The Hall–Kier alpha value is -1.41. The average molecular weight is 721 g/mol. The van der Waals surface area contributed by atoms with Crippen molar-refractivity contribution in [1.29, 1.82) is 0 Å². The summed E-state index contributed by atoms with van der Waals surface area (Å²) in [6, 6.07) is 8.06. The molecule has 3 rings (SSSR count). The summed E-state index contributed by atoms with van der Waals surface area (Å²) in [5.41, 5.74) is 12.0. The van der Waals surface area contributed by atoms with Crippen molar-refractivity contribution in [3.05, 3.63) is 55.5 Å². The van der Waals surface area contributed by atoms with Crippen LogP contribution >= 0.6 is 43.5 Å². The van der Waals surface area contributed by atoms with E-state index >= 15 is 0 Å². The van der Waals surface area contributed by atoms with Gasteiger partial charge in [-0.2, -0.15) is 0 Å². The molecule has 8 heteroatoms. The lowest BCUT2D eigenvalue weighted by Gasteiger charge is -2.19. The van der Waals surface area contributed by atoms with Crippen molar-refractivity contribution in [1.82, 2.24) is 0 Å². The van der Waals surface area contributed by atoms with Crippen molar-refractivity contribution in [3.8, 4) is 0 Å². The molecule has 3 N–H and O–H groups in total. The highest BCUT2D eigenvalue weighted by atomic mass is 79.9. The van der Waals surface area contributed by atoms with E-state index in [0.717, 1.165) is 55.8 Å². The maximum atomic E-state index is 11.9. The number of nitrogens with two attached hydrogens (primary N) is 1. The monoisotopic (exact) mass is 718 g/mol. The quantitative estimate of drug-likeness (QED) is 0.244. The van der Waals surface area contributed by atoms with Crippen LogP contribution in [0.5, 0.6) is 0 Å². The van der Waals surface area contributed by atoms with Gasteiger partial charge in [0.05, 0.1) is 0 Å². The molecule has 1 amide bonds. The summed E-state index contributed by atoms with van der Waals surface area (Å²) in [5, 5.41) is 2.75. The molecule has 1 aliphatic rings. The van der Waals surface area contributed by atoms with E-state index in [4.69, 9.17) is 22.1 Å². The van der Waals surface area contributed by atoms with E-state index < -0.39 is 0 Å². The molecule has 0 unspecified atom stereocenters. The number of anilines is 2. The molecule has 234 valence electrons. The summed E-state index contributed by atoms with van der Waals surface area (Å²) in [7, 11) is 0. The Labute approximate surface area is 272 Å². The molecule has 1 heterocycles. The standard InChI is InChI=1S/C14H20BrNO.C8H10BrN.C6H11ClO.C4H8O.CH4/c1-9-6-11(15)7-10(2)13(9)16-12(17)8-14(3,4)5;1-5-3-7(9)4-6(2)8(5)10;1-6(2,3)4-5(7)8;1-2-4-5-3-1;/h6-7H,8H2,1-5H3,(H,16,17);3-4H,10H2,1-2H3;4H2,1-3H3;1-4H2;1H4. The van der Waals surface area contributed by atoms with Crippen LogP contribution in [0.4, 0.5) is 11.4 Å². The lowest BCUT2D eigenvalue weighted by atomic mass is 9.92. The van der Waals surface area contributed by atoms with Gasteiger partial charge >= 0.3 is 0 Å². The number of hydrogen-bond acceptors (Lipinski definition) is 4. The second kappa shape index (κ2) is 19.7. The summed E-state index contributed by atoms with van der Waals surface area (Å²) in [5.74, 6) is 0.0750. The molecule has 0 spiro atoms. The number of ether oxygens (including phenoxy) is 1. The van der Waals surface area contributed by atoms with Crippen LogP contribution in [-0.2, 0) is 14.3 Å². The van der Waals surface area contributed by atoms with Crippen molar-refractivity contribution < 1.29 is 14.3 Å². The van der Waals surface area contributed by atoms with Gasteiger partial charge in [0.2, 0.25) is 11.1 Å². The van der Waals surface area contributed by atoms with Crippen molar-refractivity contribution >= 4 is 66.0 Å². The molecule has 2 aromatic rings. The molecule has 0 bridgehead atoms. The zero-order chi connectivity index (χ0) is 31.3. The van der Waals surface area contributed by atoms with Gasteiger partial charge in [-0.15, -0.1) is 0 Å². The van der Waals surface area contributed by atoms with Crippen LogP contribution in [-0.4, -0.2) is 24.4 Å². The Morgan fingerprint density at radius 3 is 1.44 bits per heavy atom. The van der Waals surface area contributed by atoms with Gasteiger partial charge in [0.1, 0.15) is 0 Å². The van der Waals surface area contributed by atoms with Crippen LogP contribution in [0, 0.1) is 38.5 Å². The summed E-state index contributed by atoms with van der Waals surface area (Å²) in [4.78, 5) is 22.1. The van der Waals surface area contributed by atoms with Crippen LogP contribution in [0.2, 0.25) is 0 Å². The summed E-state index contributed by atoms with van der Waals surface area (Å²) in [6.45, 7) is 22.2. The van der Waals surface area contributed by atoms with Gasteiger partial charge in [-0.3, -0.25) is 9.59 Å². The molecule has 1 aliphatic heterocycles. The number of carbonyl (C=O) groups is 2. The van der Waals surface area contributed by atoms with E-state index in [1.807, 2.05) is 72.7 Å². The Morgan fingerprint density at radius 2 is 1.17 bits per heavy atom. The van der Waals surface area contributed by atoms with Gasteiger partial charge in [-0.05, 0) is 109 Å². The first-order valence-corrected chi connectivity index (χ1v) is 15.5. The van der Waals surface area contributed by atoms with E-state index in [9.17, 15) is 9.59 Å². The third kappa shape index (κ3) is 21.0. The normalized spacial score (nSPS) is 12.3.